The van der Waals surface area contributed by atoms with Crippen molar-refractivity contribution in [3.05, 3.63) is 25.6 Å². The number of hydrogen-bond acceptors (Lipinski definition) is 4. The Kier molecular flexibility index (Phi) is 5.72. The van der Waals surface area contributed by atoms with E-state index < -0.39 is 0 Å². The summed E-state index contributed by atoms with van der Waals surface area (Å²) in [6.45, 7) is 8.22. The summed E-state index contributed by atoms with van der Waals surface area (Å²) < 4.78 is 7.69. The van der Waals surface area contributed by atoms with Gasteiger partial charge in [0.15, 0.2) is 4.77 Å². The molecule has 2 aromatic heterocycles. The first-order valence-corrected chi connectivity index (χ1v) is 8.59. The summed E-state index contributed by atoms with van der Waals surface area (Å²) in [5.74, 6) is 0. The Labute approximate surface area is 133 Å². The van der Waals surface area contributed by atoms with Gasteiger partial charge in [0.2, 0.25) is 0 Å². The van der Waals surface area contributed by atoms with Crippen LogP contribution in [0.2, 0.25) is 0 Å². The van der Waals surface area contributed by atoms with E-state index in [0.717, 1.165) is 46.5 Å². The third kappa shape index (κ3) is 3.62. The van der Waals surface area contributed by atoms with Gasteiger partial charge in [0.05, 0.1) is 5.39 Å². The van der Waals surface area contributed by atoms with Crippen molar-refractivity contribution in [3.8, 4) is 0 Å². The number of aromatic amines is 1. The van der Waals surface area contributed by atoms with Crippen molar-refractivity contribution in [1.29, 1.82) is 0 Å². The topological polar surface area (TPSA) is 47.0 Å². The average molecular weight is 326 g/mol. The number of nitrogens with zero attached hydrogens (tertiary/aromatic N) is 1. The SMILES string of the molecule is CCCCOCCCn1c(=S)[nH]c2sc(C)c(C)c2c1=O. The summed E-state index contributed by atoms with van der Waals surface area (Å²) in [4.78, 5) is 17.8. The molecule has 0 fully saturated rings. The normalized spacial score (nSPS) is 11.4. The van der Waals surface area contributed by atoms with Gasteiger partial charge >= 0.3 is 0 Å². The quantitative estimate of drug-likeness (QED) is 0.619. The fourth-order valence-electron chi connectivity index (χ4n) is 2.24. The van der Waals surface area contributed by atoms with E-state index >= 15 is 0 Å². The number of rotatable bonds is 7. The smallest absolute Gasteiger partial charge is 0.263 e. The Morgan fingerprint density at radius 3 is 2.71 bits per heavy atom. The molecule has 0 amide bonds. The second-order valence-corrected chi connectivity index (χ2v) is 6.81. The number of H-pyrrole nitrogens is 1. The zero-order chi connectivity index (χ0) is 15.4. The molecular weight excluding hydrogens is 304 g/mol. The van der Waals surface area contributed by atoms with Gasteiger partial charge in [0.25, 0.3) is 5.56 Å². The molecule has 0 saturated carbocycles. The highest BCUT2D eigenvalue weighted by Crippen LogP contribution is 2.25. The van der Waals surface area contributed by atoms with Crippen LogP contribution in [0.3, 0.4) is 0 Å². The van der Waals surface area contributed by atoms with E-state index in [1.54, 1.807) is 15.9 Å². The number of ether oxygens (including phenoxy) is 1. The molecule has 0 saturated heterocycles. The summed E-state index contributed by atoms with van der Waals surface area (Å²) in [5, 5.41) is 0.776. The predicted octanol–water partition coefficient (Wildman–Crippen LogP) is 3.94. The molecular formula is C15H22N2O2S2. The second-order valence-electron chi connectivity index (χ2n) is 5.19. The largest absolute Gasteiger partial charge is 0.381 e. The number of thiophene rings is 1. The molecule has 2 aromatic rings. The maximum Gasteiger partial charge on any atom is 0.263 e. The van der Waals surface area contributed by atoms with Crippen molar-refractivity contribution in [1.82, 2.24) is 9.55 Å². The van der Waals surface area contributed by atoms with Gasteiger partial charge in [-0.05, 0) is 44.5 Å². The highest BCUT2D eigenvalue weighted by Gasteiger charge is 2.12. The lowest BCUT2D eigenvalue weighted by Crippen LogP contribution is -2.22. The molecule has 4 nitrogen and oxygen atoms in total. The molecule has 116 valence electrons. The molecule has 21 heavy (non-hydrogen) atoms. The Hall–Kier alpha value is -0.980. The van der Waals surface area contributed by atoms with E-state index in [9.17, 15) is 4.79 Å². The molecule has 2 rings (SSSR count). The van der Waals surface area contributed by atoms with Gasteiger partial charge in [-0.15, -0.1) is 11.3 Å². The Bertz CT molecular complexity index is 728. The second kappa shape index (κ2) is 7.33. The lowest BCUT2D eigenvalue weighted by Gasteiger charge is -2.07. The molecule has 0 spiro atoms. The lowest BCUT2D eigenvalue weighted by atomic mass is 10.2. The van der Waals surface area contributed by atoms with Crippen LogP contribution < -0.4 is 5.56 Å². The minimum Gasteiger partial charge on any atom is -0.381 e. The summed E-state index contributed by atoms with van der Waals surface area (Å²) in [5.41, 5.74) is 1.07. The first-order valence-electron chi connectivity index (χ1n) is 7.36. The summed E-state index contributed by atoms with van der Waals surface area (Å²) in [7, 11) is 0. The van der Waals surface area contributed by atoms with E-state index in [-0.39, 0.29) is 5.56 Å². The van der Waals surface area contributed by atoms with E-state index in [0.29, 0.717) is 17.9 Å². The molecule has 1 N–H and O–H groups in total. The van der Waals surface area contributed by atoms with Crippen LogP contribution in [0.5, 0.6) is 0 Å². The van der Waals surface area contributed by atoms with Crippen LogP contribution in [0.4, 0.5) is 0 Å². The molecule has 0 atom stereocenters. The number of fused-ring (bicyclic) bond motifs is 1. The van der Waals surface area contributed by atoms with Gasteiger partial charge in [-0.2, -0.15) is 0 Å². The van der Waals surface area contributed by atoms with Gasteiger partial charge in [-0.1, -0.05) is 13.3 Å². The molecule has 0 aliphatic rings. The number of hydrogen-bond donors (Lipinski definition) is 1. The number of aryl methyl sites for hydroxylation is 2. The number of unbranched alkanes of at least 4 members (excludes halogenated alkanes) is 1. The van der Waals surface area contributed by atoms with Crippen molar-refractivity contribution >= 4 is 33.8 Å². The predicted molar refractivity (Wildman–Crippen MR) is 91.1 cm³/mol. The van der Waals surface area contributed by atoms with Gasteiger partial charge in [-0.3, -0.25) is 9.36 Å². The zero-order valence-corrected chi connectivity index (χ0v) is 14.5. The minimum absolute atomic E-state index is 0.0177. The monoisotopic (exact) mass is 326 g/mol. The highest BCUT2D eigenvalue weighted by molar-refractivity contribution is 7.71. The molecule has 0 radical (unpaired) electrons. The Morgan fingerprint density at radius 1 is 1.29 bits per heavy atom. The first-order chi connectivity index (χ1) is 10.1. The third-order valence-electron chi connectivity index (χ3n) is 3.62. The van der Waals surface area contributed by atoms with Crippen molar-refractivity contribution in [2.75, 3.05) is 13.2 Å². The van der Waals surface area contributed by atoms with E-state index in [4.69, 9.17) is 17.0 Å². The average Bonchev–Trinajstić information content (AvgIpc) is 2.72. The van der Waals surface area contributed by atoms with Crippen LogP contribution in [-0.2, 0) is 11.3 Å². The zero-order valence-electron chi connectivity index (χ0n) is 12.8. The minimum atomic E-state index is 0.0177. The van der Waals surface area contributed by atoms with Crippen LogP contribution >= 0.6 is 23.6 Å². The lowest BCUT2D eigenvalue weighted by molar-refractivity contribution is 0.125. The van der Waals surface area contributed by atoms with Crippen LogP contribution in [0.25, 0.3) is 10.2 Å². The summed E-state index contributed by atoms with van der Waals surface area (Å²) >= 11 is 6.91. The molecule has 0 aromatic carbocycles. The Morgan fingerprint density at radius 2 is 2.00 bits per heavy atom. The van der Waals surface area contributed by atoms with Crippen LogP contribution in [0.15, 0.2) is 4.79 Å². The molecule has 0 unspecified atom stereocenters. The maximum atomic E-state index is 12.6. The maximum absolute atomic E-state index is 12.6. The van der Waals surface area contributed by atoms with Crippen molar-refractivity contribution < 1.29 is 4.74 Å². The third-order valence-corrected chi connectivity index (χ3v) is 5.07. The van der Waals surface area contributed by atoms with Gasteiger partial charge in [0.1, 0.15) is 4.83 Å². The first kappa shape index (κ1) is 16.4. The molecule has 0 aliphatic heterocycles. The van der Waals surface area contributed by atoms with Gasteiger partial charge in [0, 0.05) is 24.6 Å². The van der Waals surface area contributed by atoms with Crippen molar-refractivity contribution in [2.24, 2.45) is 0 Å². The van der Waals surface area contributed by atoms with E-state index in [1.807, 2.05) is 13.8 Å². The van der Waals surface area contributed by atoms with Crippen LogP contribution in [0.1, 0.15) is 36.6 Å². The van der Waals surface area contributed by atoms with E-state index in [2.05, 4.69) is 11.9 Å². The van der Waals surface area contributed by atoms with Crippen molar-refractivity contribution in [2.45, 2.75) is 46.6 Å². The number of aromatic nitrogens is 2. The highest BCUT2D eigenvalue weighted by atomic mass is 32.1. The molecule has 0 bridgehead atoms. The van der Waals surface area contributed by atoms with Gasteiger partial charge in [-0.25, -0.2) is 0 Å². The van der Waals surface area contributed by atoms with E-state index in [1.165, 1.54) is 0 Å². The molecule has 6 heteroatoms. The standard InChI is InChI=1S/C15H22N2O2S2/c1-4-5-8-19-9-6-7-17-14(18)12-10(2)11(3)21-13(12)16-15(17)20/h4-9H2,1-3H3,(H,16,20). The molecule has 0 aliphatic carbocycles. The summed E-state index contributed by atoms with van der Waals surface area (Å²) in [6, 6.07) is 0. The fraction of sp³-hybridized carbons (Fsp3) is 0.600. The fourth-order valence-corrected chi connectivity index (χ4v) is 3.63. The van der Waals surface area contributed by atoms with Gasteiger partial charge < -0.3 is 9.72 Å². The molecule has 2 heterocycles. The van der Waals surface area contributed by atoms with Crippen molar-refractivity contribution in [3.63, 3.8) is 0 Å². The number of nitrogens with one attached hydrogen (secondary N) is 1. The summed E-state index contributed by atoms with van der Waals surface area (Å²) in [6.07, 6.45) is 3.02. The van der Waals surface area contributed by atoms with Crippen LogP contribution in [0, 0.1) is 18.6 Å². The van der Waals surface area contributed by atoms with Crippen LogP contribution in [-0.4, -0.2) is 22.8 Å². The Balaban J connectivity index is 2.15.